The molecule has 1 aromatic heterocycles. The molecule has 0 aliphatic rings. The molecule has 0 radical (unpaired) electrons. The summed E-state index contributed by atoms with van der Waals surface area (Å²) in [6.07, 6.45) is 1.24. The van der Waals surface area contributed by atoms with Crippen molar-refractivity contribution < 1.29 is 4.52 Å². The van der Waals surface area contributed by atoms with Crippen molar-refractivity contribution in [3.05, 3.63) is 11.7 Å². The highest BCUT2D eigenvalue weighted by Gasteiger charge is 2.03. The van der Waals surface area contributed by atoms with Gasteiger partial charge in [-0.1, -0.05) is 12.1 Å². The van der Waals surface area contributed by atoms with Crippen molar-refractivity contribution in [1.82, 2.24) is 10.1 Å². The van der Waals surface area contributed by atoms with Gasteiger partial charge in [0.05, 0.1) is 6.42 Å². The summed E-state index contributed by atoms with van der Waals surface area (Å²) in [6.45, 7) is 3.68. The topological polar surface area (TPSA) is 62.8 Å². The van der Waals surface area contributed by atoms with Gasteiger partial charge in [0.15, 0.2) is 5.82 Å². The Balaban J connectivity index is 2.65. The number of hydrogen-bond acceptors (Lipinski definition) is 4. The molecule has 4 heteroatoms. The van der Waals surface area contributed by atoms with Gasteiger partial charge in [-0.2, -0.15) is 4.98 Å². The molecule has 1 heterocycles. The molecule has 0 aliphatic carbocycles. The van der Waals surface area contributed by atoms with E-state index in [-0.39, 0.29) is 0 Å². The van der Waals surface area contributed by atoms with Gasteiger partial charge in [0, 0.05) is 12.1 Å². The molecule has 0 spiro atoms. The van der Waals surface area contributed by atoms with E-state index in [1.807, 2.05) is 6.92 Å². The summed E-state index contributed by atoms with van der Waals surface area (Å²) in [7, 11) is 0. The van der Waals surface area contributed by atoms with Crippen LogP contribution in [0.5, 0.6) is 0 Å². The first-order chi connectivity index (χ1) is 5.22. The van der Waals surface area contributed by atoms with E-state index in [0.717, 1.165) is 6.42 Å². The molecular weight excluding hydrogens is 142 g/mol. The molecule has 0 saturated heterocycles. The summed E-state index contributed by atoms with van der Waals surface area (Å²) in [5.74, 6) is 1.25. The first kappa shape index (κ1) is 7.91. The van der Waals surface area contributed by atoms with Crippen molar-refractivity contribution in [2.75, 3.05) is 0 Å². The Hall–Kier alpha value is -1.19. The smallest absolute Gasteiger partial charge is 0.232 e. The molecule has 0 atom stereocenters. The molecule has 60 valence electrons. The molecule has 1 N–H and O–H groups in total. The summed E-state index contributed by atoms with van der Waals surface area (Å²) >= 11 is 0. The van der Waals surface area contributed by atoms with Crippen molar-refractivity contribution in [1.29, 1.82) is 5.41 Å². The van der Waals surface area contributed by atoms with Gasteiger partial charge in [-0.15, -0.1) is 0 Å². The lowest BCUT2D eigenvalue weighted by molar-refractivity contribution is 0.383. The van der Waals surface area contributed by atoms with E-state index in [9.17, 15) is 0 Å². The van der Waals surface area contributed by atoms with Gasteiger partial charge in [-0.05, 0) is 6.92 Å². The van der Waals surface area contributed by atoms with Gasteiger partial charge in [0.25, 0.3) is 0 Å². The lowest BCUT2D eigenvalue weighted by atomic mass is 10.3. The number of nitrogens with one attached hydrogen (secondary N) is 1. The Bertz CT molecular complexity index is 254. The van der Waals surface area contributed by atoms with Crippen molar-refractivity contribution in [3.63, 3.8) is 0 Å². The maximum atomic E-state index is 7.17. The molecule has 0 aromatic carbocycles. The van der Waals surface area contributed by atoms with Crippen LogP contribution in [0.25, 0.3) is 0 Å². The molecule has 0 aliphatic heterocycles. The van der Waals surface area contributed by atoms with E-state index in [1.165, 1.54) is 0 Å². The highest BCUT2D eigenvalue weighted by molar-refractivity contribution is 5.79. The number of hydrogen-bond donors (Lipinski definition) is 1. The normalized spacial score (nSPS) is 10.0. The predicted octanol–water partition coefficient (Wildman–Crippen LogP) is 1.21. The average Bonchev–Trinajstić information content (AvgIpc) is 2.34. The zero-order chi connectivity index (χ0) is 8.27. The minimum absolute atomic E-state index is 0.465. The van der Waals surface area contributed by atoms with Gasteiger partial charge >= 0.3 is 0 Å². The first-order valence-corrected chi connectivity index (χ1v) is 3.58. The fourth-order valence-electron chi connectivity index (χ4n) is 0.732. The molecular formula is C7H11N3O. The Morgan fingerprint density at radius 3 is 2.82 bits per heavy atom. The van der Waals surface area contributed by atoms with E-state index in [0.29, 0.717) is 23.8 Å². The molecule has 0 unspecified atom stereocenters. The second kappa shape index (κ2) is 3.27. The van der Waals surface area contributed by atoms with E-state index in [2.05, 4.69) is 10.1 Å². The van der Waals surface area contributed by atoms with Crippen LogP contribution in [0.1, 0.15) is 25.6 Å². The lowest BCUT2D eigenvalue weighted by Crippen LogP contribution is -1.95. The quantitative estimate of drug-likeness (QED) is 0.664. The zero-order valence-electron chi connectivity index (χ0n) is 6.72. The SMILES string of the molecule is CCc1noc(CC(C)=N)n1. The minimum atomic E-state index is 0.465. The monoisotopic (exact) mass is 153 g/mol. The third-order valence-corrected chi connectivity index (χ3v) is 1.24. The predicted molar refractivity (Wildman–Crippen MR) is 40.8 cm³/mol. The van der Waals surface area contributed by atoms with Crippen LogP contribution in [0.2, 0.25) is 0 Å². The van der Waals surface area contributed by atoms with Gasteiger partial charge < -0.3 is 9.93 Å². The van der Waals surface area contributed by atoms with Crippen LogP contribution in [0.15, 0.2) is 4.52 Å². The van der Waals surface area contributed by atoms with E-state index < -0.39 is 0 Å². The van der Waals surface area contributed by atoms with Crippen LogP contribution in [0.4, 0.5) is 0 Å². The maximum absolute atomic E-state index is 7.17. The van der Waals surface area contributed by atoms with E-state index in [4.69, 9.17) is 9.93 Å². The van der Waals surface area contributed by atoms with Gasteiger partial charge in [-0.25, -0.2) is 0 Å². The fourth-order valence-corrected chi connectivity index (χ4v) is 0.732. The van der Waals surface area contributed by atoms with Crippen molar-refractivity contribution in [2.45, 2.75) is 26.7 Å². The third kappa shape index (κ3) is 2.14. The van der Waals surface area contributed by atoms with E-state index in [1.54, 1.807) is 6.92 Å². The Kier molecular flexibility index (Phi) is 2.36. The number of rotatable bonds is 3. The second-order valence-corrected chi connectivity index (χ2v) is 2.42. The highest BCUT2D eigenvalue weighted by Crippen LogP contribution is 1.98. The van der Waals surface area contributed by atoms with Gasteiger partial charge in [0.1, 0.15) is 0 Å². The molecule has 0 bridgehead atoms. The van der Waals surface area contributed by atoms with Crippen LogP contribution in [-0.2, 0) is 12.8 Å². The van der Waals surface area contributed by atoms with Crippen LogP contribution in [0.3, 0.4) is 0 Å². The molecule has 0 fully saturated rings. The number of aryl methyl sites for hydroxylation is 1. The summed E-state index contributed by atoms with van der Waals surface area (Å²) in [4.78, 5) is 4.05. The van der Waals surface area contributed by atoms with Crippen molar-refractivity contribution >= 4 is 5.71 Å². The Morgan fingerprint density at radius 2 is 2.36 bits per heavy atom. The maximum Gasteiger partial charge on any atom is 0.232 e. The largest absolute Gasteiger partial charge is 0.339 e. The molecule has 1 rings (SSSR count). The highest BCUT2D eigenvalue weighted by atomic mass is 16.5. The lowest BCUT2D eigenvalue weighted by Gasteiger charge is -1.86. The van der Waals surface area contributed by atoms with Crippen LogP contribution in [-0.4, -0.2) is 15.9 Å². The Morgan fingerprint density at radius 1 is 1.64 bits per heavy atom. The third-order valence-electron chi connectivity index (χ3n) is 1.24. The summed E-state index contributed by atoms with van der Waals surface area (Å²) < 4.78 is 4.86. The van der Waals surface area contributed by atoms with Crippen molar-refractivity contribution in [3.8, 4) is 0 Å². The summed E-state index contributed by atoms with van der Waals surface area (Å²) in [6, 6.07) is 0. The van der Waals surface area contributed by atoms with Crippen LogP contribution < -0.4 is 0 Å². The standard InChI is InChI=1S/C7H11N3O/c1-3-6-9-7(11-10-6)4-5(2)8/h8H,3-4H2,1-2H3. The molecule has 1 aromatic rings. The molecule has 0 amide bonds. The number of nitrogens with zero attached hydrogens (tertiary/aromatic N) is 2. The van der Waals surface area contributed by atoms with Gasteiger partial charge in [-0.3, -0.25) is 0 Å². The number of aromatic nitrogens is 2. The first-order valence-electron chi connectivity index (χ1n) is 3.58. The fraction of sp³-hybridized carbons (Fsp3) is 0.571. The van der Waals surface area contributed by atoms with E-state index >= 15 is 0 Å². The minimum Gasteiger partial charge on any atom is -0.339 e. The Labute approximate surface area is 65.1 Å². The van der Waals surface area contributed by atoms with Crippen molar-refractivity contribution in [2.24, 2.45) is 0 Å². The second-order valence-electron chi connectivity index (χ2n) is 2.42. The summed E-state index contributed by atoms with van der Waals surface area (Å²) in [5.41, 5.74) is 0.538. The molecule has 11 heavy (non-hydrogen) atoms. The van der Waals surface area contributed by atoms with Crippen LogP contribution in [0, 0.1) is 5.41 Å². The van der Waals surface area contributed by atoms with Crippen LogP contribution >= 0.6 is 0 Å². The van der Waals surface area contributed by atoms with Gasteiger partial charge in [0.2, 0.25) is 5.89 Å². The average molecular weight is 153 g/mol. The zero-order valence-corrected chi connectivity index (χ0v) is 6.72. The molecule has 0 saturated carbocycles. The summed E-state index contributed by atoms with van der Waals surface area (Å²) in [5, 5.41) is 10.9. The molecule has 4 nitrogen and oxygen atoms in total.